The second-order valence-electron chi connectivity index (χ2n) is 5.91. The molecule has 1 aromatic carbocycles. The van der Waals surface area contributed by atoms with Gasteiger partial charge in [0.15, 0.2) is 0 Å². The van der Waals surface area contributed by atoms with Crippen molar-refractivity contribution in [1.82, 2.24) is 10.6 Å². The molecular formula is C16H26N2. The van der Waals surface area contributed by atoms with Gasteiger partial charge in [-0.15, -0.1) is 0 Å². The van der Waals surface area contributed by atoms with Crippen molar-refractivity contribution in [3.05, 3.63) is 34.4 Å². The van der Waals surface area contributed by atoms with Gasteiger partial charge in [-0.2, -0.15) is 0 Å². The summed E-state index contributed by atoms with van der Waals surface area (Å²) in [6.45, 7) is 7.75. The zero-order valence-corrected chi connectivity index (χ0v) is 12.4. The Morgan fingerprint density at radius 2 is 1.67 bits per heavy atom. The highest BCUT2D eigenvalue weighted by atomic mass is 15.0. The van der Waals surface area contributed by atoms with Gasteiger partial charge in [-0.05, 0) is 70.0 Å². The lowest BCUT2D eigenvalue weighted by molar-refractivity contribution is 0.345. The van der Waals surface area contributed by atoms with Crippen LogP contribution in [0.2, 0.25) is 0 Å². The van der Waals surface area contributed by atoms with Crippen molar-refractivity contribution in [3.63, 3.8) is 0 Å². The second kappa shape index (κ2) is 5.02. The fraction of sp³-hybridized carbons (Fsp3) is 0.625. The van der Waals surface area contributed by atoms with Gasteiger partial charge in [0, 0.05) is 18.0 Å². The van der Waals surface area contributed by atoms with Crippen LogP contribution in [0.15, 0.2) is 12.1 Å². The smallest absolute Gasteiger partial charge is 0.0389 e. The number of hydrogen-bond donors (Lipinski definition) is 2. The monoisotopic (exact) mass is 246 g/mol. The standard InChI is InChI=1S/C16H26N2/c1-11-8-13(3)14(9-12(11)2)15(18-5)16(6-7-16)10-17-4/h8-9,15,17-18H,6-7,10H2,1-5H3. The molecule has 2 N–H and O–H groups in total. The number of rotatable bonds is 5. The first-order valence-corrected chi connectivity index (χ1v) is 6.93. The topological polar surface area (TPSA) is 24.1 Å². The fourth-order valence-corrected chi connectivity index (χ4v) is 3.17. The van der Waals surface area contributed by atoms with Crippen molar-refractivity contribution in [2.45, 2.75) is 39.7 Å². The Morgan fingerprint density at radius 3 is 2.17 bits per heavy atom. The maximum Gasteiger partial charge on any atom is 0.0389 e. The van der Waals surface area contributed by atoms with Crippen molar-refractivity contribution in [2.24, 2.45) is 5.41 Å². The third-order valence-electron chi connectivity index (χ3n) is 4.52. The average Bonchev–Trinajstić information content (AvgIpc) is 3.07. The number of aryl methyl sites for hydroxylation is 3. The molecule has 1 aliphatic carbocycles. The summed E-state index contributed by atoms with van der Waals surface area (Å²) in [4.78, 5) is 0. The van der Waals surface area contributed by atoms with Gasteiger partial charge < -0.3 is 10.6 Å². The third kappa shape index (κ3) is 2.32. The lowest BCUT2D eigenvalue weighted by atomic mass is 9.86. The molecule has 0 radical (unpaired) electrons. The molecule has 2 rings (SSSR count). The molecular weight excluding hydrogens is 220 g/mol. The summed E-state index contributed by atoms with van der Waals surface area (Å²) in [5.41, 5.74) is 6.12. The quantitative estimate of drug-likeness (QED) is 0.835. The Bertz CT molecular complexity index is 433. The SMILES string of the molecule is CNCC1(C(NC)c2cc(C)c(C)cc2C)CC1. The molecule has 0 amide bonds. The lowest BCUT2D eigenvalue weighted by Crippen LogP contribution is -2.34. The molecule has 0 bridgehead atoms. The molecule has 1 aromatic rings. The molecule has 2 nitrogen and oxygen atoms in total. The predicted octanol–water partition coefficient (Wildman–Crippen LogP) is 2.87. The molecule has 18 heavy (non-hydrogen) atoms. The largest absolute Gasteiger partial charge is 0.319 e. The van der Waals surface area contributed by atoms with Gasteiger partial charge in [0.1, 0.15) is 0 Å². The van der Waals surface area contributed by atoms with E-state index in [9.17, 15) is 0 Å². The van der Waals surface area contributed by atoms with Gasteiger partial charge in [0.25, 0.3) is 0 Å². The first-order chi connectivity index (χ1) is 8.54. The minimum Gasteiger partial charge on any atom is -0.319 e. The first kappa shape index (κ1) is 13.6. The highest BCUT2D eigenvalue weighted by Gasteiger charge is 2.49. The molecule has 1 atom stereocenters. The Balaban J connectivity index is 2.36. The van der Waals surface area contributed by atoms with Crippen molar-refractivity contribution < 1.29 is 0 Å². The van der Waals surface area contributed by atoms with Gasteiger partial charge in [-0.25, -0.2) is 0 Å². The normalized spacial score (nSPS) is 18.7. The maximum absolute atomic E-state index is 3.55. The summed E-state index contributed by atoms with van der Waals surface area (Å²) in [6, 6.07) is 5.18. The van der Waals surface area contributed by atoms with Crippen LogP contribution < -0.4 is 10.6 Å². The molecule has 1 saturated carbocycles. The average molecular weight is 246 g/mol. The Hall–Kier alpha value is -0.860. The van der Waals surface area contributed by atoms with E-state index in [0.29, 0.717) is 11.5 Å². The van der Waals surface area contributed by atoms with Crippen molar-refractivity contribution in [3.8, 4) is 0 Å². The molecule has 0 saturated heterocycles. The minimum absolute atomic E-state index is 0.427. The molecule has 1 fully saturated rings. The maximum atomic E-state index is 3.55. The minimum atomic E-state index is 0.427. The highest BCUT2D eigenvalue weighted by Crippen LogP contribution is 2.54. The van der Waals surface area contributed by atoms with Gasteiger partial charge in [0.2, 0.25) is 0 Å². The second-order valence-corrected chi connectivity index (χ2v) is 5.91. The Labute approximate surface area is 111 Å². The summed E-state index contributed by atoms with van der Waals surface area (Å²) >= 11 is 0. The molecule has 1 aliphatic rings. The third-order valence-corrected chi connectivity index (χ3v) is 4.52. The Kier molecular flexibility index (Phi) is 3.79. The van der Waals surface area contributed by atoms with E-state index in [-0.39, 0.29) is 0 Å². The Morgan fingerprint density at radius 1 is 1.06 bits per heavy atom. The summed E-state index contributed by atoms with van der Waals surface area (Å²) < 4.78 is 0. The highest BCUT2D eigenvalue weighted by molar-refractivity contribution is 5.40. The first-order valence-electron chi connectivity index (χ1n) is 6.93. The molecule has 0 aromatic heterocycles. The zero-order chi connectivity index (χ0) is 13.3. The zero-order valence-electron chi connectivity index (χ0n) is 12.4. The van der Waals surface area contributed by atoms with E-state index >= 15 is 0 Å². The molecule has 0 aliphatic heterocycles. The number of hydrogen-bond acceptors (Lipinski definition) is 2. The van der Waals surface area contributed by atoms with Crippen LogP contribution in [0.3, 0.4) is 0 Å². The van der Waals surface area contributed by atoms with Crippen LogP contribution in [0.25, 0.3) is 0 Å². The number of benzene rings is 1. The van der Waals surface area contributed by atoms with Crippen LogP contribution in [-0.2, 0) is 0 Å². The van der Waals surface area contributed by atoms with Crippen molar-refractivity contribution >= 4 is 0 Å². The number of nitrogens with one attached hydrogen (secondary N) is 2. The summed E-state index contributed by atoms with van der Waals surface area (Å²) in [5.74, 6) is 0. The lowest BCUT2D eigenvalue weighted by Gasteiger charge is -2.29. The van der Waals surface area contributed by atoms with Crippen LogP contribution in [0.5, 0.6) is 0 Å². The molecule has 2 heteroatoms. The fourth-order valence-electron chi connectivity index (χ4n) is 3.17. The predicted molar refractivity (Wildman–Crippen MR) is 78.0 cm³/mol. The van der Waals surface area contributed by atoms with Gasteiger partial charge >= 0.3 is 0 Å². The van der Waals surface area contributed by atoms with E-state index in [1.54, 1.807) is 0 Å². The molecule has 0 heterocycles. The molecule has 100 valence electrons. The van der Waals surface area contributed by atoms with Gasteiger partial charge in [-0.1, -0.05) is 12.1 Å². The summed E-state index contributed by atoms with van der Waals surface area (Å²) in [5, 5.41) is 6.91. The van der Waals surface area contributed by atoms with Gasteiger partial charge in [-0.3, -0.25) is 0 Å². The molecule has 0 spiro atoms. The summed E-state index contributed by atoms with van der Waals surface area (Å²) in [7, 11) is 4.15. The van der Waals surface area contributed by atoms with E-state index < -0.39 is 0 Å². The van der Waals surface area contributed by atoms with Crippen LogP contribution in [0.4, 0.5) is 0 Å². The van der Waals surface area contributed by atoms with Crippen LogP contribution in [0, 0.1) is 26.2 Å². The van der Waals surface area contributed by atoms with Crippen molar-refractivity contribution in [1.29, 1.82) is 0 Å². The van der Waals surface area contributed by atoms with Gasteiger partial charge in [0.05, 0.1) is 0 Å². The molecule has 1 unspecified atom stereocenters. The van der Waals surface area contributed by atoms with E-state index in [0.717, 1.165) is 6.54 Å². The van der Waals surface area contributed by atoms with Crippen LogP contribution in [-0.4, -0.2) is 20.6 Å². The summed E-state index contributed by atoms with van der Waals surface area (Å²) in [6.07, 6.45) is 2.65. The van der Waals surface area contributed by atoms with Crippen LogP contribution >= 0.6 is 0 Å². The van der Waals surface area contributed by atoms with Crippen LogP contribution in [0.1, 0.15) is 41.1 Å². The van der Waals surface area contributed by atoms with E-state index in [1.807, 2.05) is 0 Å². The van der Waals surface area contributed by atoms with E-state index in [1.165, 1.54) is 35.1 Å². The van der Waals surface area contributed by atoms with Crippen molar-refractivity contribution in [2.75, 3.05) is 20.6 Å². The van der Waals surface area contributed by atoms with E-state index in [4.69, 9.17) is 0 Å². The van der Waals surface area contributed by atoms with E-state index in [2.05, 4.69) is 57.6 Å².